The van der Waals surface area contributed by atoms with Crippen molar-refractivity contribution in [3.8, 4) is 5.75 Å². The summed E-state index contributed by atoms with van der Waals surface area (Å²) >= 11 is 1.53. The molecule has 2 aromatic rings. The van der Waals surface area contributed by atoms with Crippen molar-refractivity contribution in [2.45, 2.75) is 23.1 Å². The Kier molecular flexibility index (Phi) is 10.1. The van der Waals surface area contributed by atoms with Crippen molar-refractivity contribution in [1.82, 2.24) is 10.2 Å². The highest BCUT2D eigenvalue weighted by molar-refractivity contribution is 7.98. The third kappa shape index (κ3) is 7.36. The third-order valence-electron chi connectivity index (χ3n) is 5.45. The first-order chi connectivity index (χ1) is 16.4. The minimum Gasteiger partial charge on any atom is -0.494 e. The van der Waals surface area contributed by atoms with Crippen molar-refractivity contribution in [3.63, 3.8) is 0 Å². The molecule has 8 nitrogen and oxygen atoms in total. The van der Waals surface area contributed by atoms with Gasteiger partial charge in [-0.05, 0) is 74.7 Å². The van der Waals surface area contributed by atoms with Gasteiger partial charge in [0.15, 0.2) is 0 Å². The Morgan fingerprint density at radius 2 is 1.79 bits per heavy atom. The fourth-order valence-electron chi connectivity index (χ4n) is 3.61. The minimum absolute atomic E-state index is 0.138. The van der Waals surface area contributed by atoms with E-state index in [1.807, 2.05) is 13.2 Å². The van der Waals surface area contributed by atoms with E-state index in [0.717, 1.165) is 48.5 Å². The van der Waals surface area contributed by atoms with Crippen LogP contribution in [0, 0.1) is 0 Å². The lowest BCUT2D eigenvalue weighted by Gasteiger charge is -2.26. The summed E-state index contributed by atoms with van der Waals surface area (Å²) in [4.78, 5) is 16.1. The van der Waals surface area contributed by atoms with Gasteiger partial charge in [0.05, 0.1) is 30.4 Å². The van der Waals surface area contributed by atoms with Crippen LogP contribution in [0.25, 0.3) is 0 Å². The van der Waals surface area contributed by atoms with Crippen LogP contribution in [0.2, 0.25) is 0 Å². The van der Waals surface area contributed by atoms with Crippen LogP contribution in [0.5, 0.6) is 5.75 Å². The summed E-state index contributed by atoms with van der Waals surface area (Å²) < 4.78 is 39.0. The van der Waals surface area contributed by atoms with Gasteiger partial charge in [0, 0.05) is 24.5 Å². The molecule has 10 heteroatoms. The first-order valence-electron chi connectivity index (χ1n) is 11.4. The summed E-state index contributed by atoms with van der Waals surface area (Å²) in [6.45, 7) is 6.70. The molecule has 0 atom stereocenters. The number of amides is 1. The number of benzene rings is 2. The maximum atomic E-state index is 13.5. The third-order valence-corrected chi connectivity index (χ3v) is 7.98. The van der Waals surface area contributed by atoms with E-state index in [-0.39, 0.29) is 17.3 Å². The molecule has 34 heavy (non-hydrogen) atoms. The number of sulfonamides is 1. The van der Waals surface area contributed by atoms with Gasteiger partial charge in [-0.1, -0.05) is 0 Å². The average Bonchev–Trinajstić information content (AvgIpc) is 2.86. The number of rotatable bonds is 12. The Morgan fingerprint density at radius 3 is 2.41 bits per heavy atom. The first kappa shape index (κ1) is 26.3. The SMILES string of the molecule is CCOc1ccc(N(CC(=O)NCCCN2CCOCC2)S(=O)(=O)c2ccc(SC)cc2)cc1. The number of nitrogens with one attached hydrogen (secondary N) is 1. The molecule has 0 unspecified atom stereocenters. The molecule has 1 aliphatic heterocycles. The standard InChI is InChI=1S/C24H33N3O5S2/c1-3-32-21-7-5-20(6-8-21)27(34(29,30)23-11-9-22(33-2)10-12-23)19-24(28)25-13-4-14-26-15-17-31-18-16-26/h5-12H,3-4,13-19H2,1-2H3,(H,25,28). The number of ether oxygens (including phenoxy) is 2. The molecule has 1 N–H and O–H groups in total. The number of thioether (sulfide) groups is 1. The van der Waals surface area contributed by atoms with Gasteiger partial charge in [-0.25, -0.2) is 8.42 Å². The van der Waals surface area contributed by atoms with Gasteiger partial charge in [0.25, 0.3) is 10.0 Å². The molecule has 0 saturated carbocycles. The predicted molar refractivity (Wildman–Crippen MR) is 135 cm³/mol. The molecule has 1 aliphatic rings. The lowest BCUT2D eigenvalue weighted by molar-refractivity contribution is -0.119. The molecule has 1 heterocycles. The number of carbonyl (C=O) groups excluding carboxylic acids is 1. The second kappa shape index (κ2) is 13.0. The van der Waals surface area contributed by atoms with Crippen LogP contribution in [0.15, 0.2) is 58.3 Å². The highest BCUT2D eigenvalue weighted by Gasteiger charge is 2.27. The van der Waals surface area contributed by atoms with Crippen LogP contribution < -0.4 is 14.4 Å². The van der Waals surface area contributed by atoms with Gasteiger partial charge >= 0.3 is 0 Å². The van der Waals surface area contributed by atoms with E-state index in [4.69, 9.17) is 9.47 Å². The number of anilines is 1. The van der Waals surface area contributed by atoms with E-state index >= 15 is 0 Å². The van der Waals surface area contributed by atoms with Crippen LogP contribution in [-0.4, -0.2) is 78.0 Å². The number of hydrogen-bond donors (Lipinski definition) is 1. The maximum Gasteiger partial charge on any atom is 0.264 e. The Balaban J connectivity index is 1.70. The van der Waals surface area contributed by atoms with Gasteiger partial charge in [0.1, 0.15) is 12.3 Å². The lowest BCUT2D eigenvalue weighted by atomic mass is 10.3. The van der Waals surface area contributed by atoms with Gasteiger partial charge in [-0.3, -0.25) is 14.0 Å². The fourth-order valence-corrected chi connectivity index (χ4v) is 5.44. The molecule has 0 aromatic heterocycles. The molecule has 0 radical (unpaired) electrons. The lowest BCUT2D eigenvalue weighted by Crippen LogP contribution is -2.42. The highest BCUT2D eigenvalue weighted by Crippen LogP contribution is 2.27. The zero-order chi connectivity index (χ0) is 24.4. The maximum absolute atomic E-state index is 13.5. The smallest absolute Gasteiger partial charge is 0.264 e. The number of nitrogens with zero attached hydrogens (tertiary/aromatic N) is 2. The van der Waals surface area contributed by atoms with Gasteiger partial charge in [-0.2, -0.15) is 0 Å². The molecule has 0 spiro atoms. The Bertz CT molecular complexity index is 1010. The van der Waals surface area contributed by atoms with Gasteiger partial charge in [-0.15, -0.1) is 11.8 Å². The fraction of sp³-hybridized carbons (Fsp3) is 0.458. The van der Waals surface area contributed by atoms with Crippen molar-refractivity contribution >= 4 is 33.4 Å². The summed E-state index contributed by atoms with van der Waals surface area (Å²) in [7, 11) is -3.95. The van der Waals surface area contributed by atoms with E-state index in [1.165, 1.54) is 11.8 Å². The first-order valence-corrected chi connectivity index (χ1v) is 14.1. The zero-order valence-corrected chi connectivity index (χ0v) is 21.4. The molecule has 2 aromatic carbocycles. The van der Waals surface area contributed by atoms with E-state index in [9.17, 15) is 13.2 Å². The van der Waals surface area contributed by atoms with Crippen molar-refractivity contribution in [2.24, 2.45) is 0 Å². The van der Waals surface area contributed by atoms with Crippen LogP contribution >= 0.6 is 11.8 Å². The van der Waals surface area contributed by atoms with Crippen molar-refractivity contribution in [2.75, 3.05) is 63.1 Å². The largest absolute Gasteiger partial charge is 0.494 e. The summed E-state index contributed by atoms with van der Waals surface area (Å²) in [5, 5.41) is 2.86. The normalized spacial score (nSPS) is 14.5. The monoisotopic (exact) mass is 507 g/mol. The number of carbonyl (C=O) groups is 1. The van der Waals surface area contributed by atoms with Crippen molar-refractivity contribution in [3.05, 3.63) is 48.5 Å². The molecule has 1 amide bonds. The second-order valence-electron chi connectivity index (χ2n) is 7.77. The molecular formula is C24H33N3O5S2. The van der Waals surface area contributed by atoms with E-state index in [2.05, 4.69) is 10.2 Å². The Hall–Kier alpha value is -2.27. The molecule has 0 bridgehead atoms. The molecule has 1 fully saturated rings. The molecule has 0 aliphatic carbocycles. The molecule has 186 valence electrons. The molecular weight excluding hydrogens is 474 g/mol. The summed E-state index contributed by atoms with van der Waals surface area (Å²) in [6, 6.07) is 13.4. The Labute approximate surface area is 206 Å². The zero-order valence-electron chi connectivity index (χ0n) is 19.7. The highest BCUT2D eigenvalue weighted by atomic mass is 32.2. The van der Waals surface area contributed by atoms with Crippen LogP contribution in [0.4, 0.5) is 5.69 Å². The summed E-state index contributed by atoms with van der Waals surface area (Å²) in [5.41, 5.74) is 0.404. The van der Waals surface area contributed by atoms with E-state index in [1.54, 1.807) is 48.5 Å². The summed E-state index contributed by atoms with van der Waals surface area (Å²) in [6.07, 6.45) is 2.72. The van der Waals surface area contributed by atoms with Crippen LogP contribution in [0.1, 0.15) is 13.3 Å². The van der Waals surface area contributed by atoms with Gasteiger partial charge < -0.3 is 14.8 Å². The van der Waals surface area contributed by atoms with Crippen LogP contribution in [-0.2, 0) is 19.6 Å². The van der Waals surface area contributed by atoms with E-state index < -0.39 is 10.0 Å². The number of hydrogen-bond acceptors (Lipinski definition) is 7. The second-order valence-corrected chi connectivity index (χ2v) is 10.5. The summed E-state index contributed by atoms with van der Waals surface area (Å²) in [5.74, 6) is 0.292. The Morgan fingerprint density at radius 1 is 1.12 bits per heavy atom. The van der Waals surface area contributed by atoms with E-state index in [0.29, 0.717) is 24.6 Å². The number of morpholine rings is 1. The van der Waals surface area contributed by atoms with Crippen LogP contribution in [0.3, 0.4) is 0 Å². The molecule has 1 saturated heterocycles. The average molecular weight is 508 g/mol. The molecule has 3 rings (SSSR count). The van der Waals surface area contributed by atoms with Crippen molar-refractivity contribution in [1.29, 1.82) is 0 Å². The predicted octanol–water partition coefficient (Wildman–Crippen LogP) is 2.84. The quantitative estimate of drug-likeness (QED) is 0.349. The van der Waals surface area contributed by atoms with Gasteiger partial charge in [0.2, 0.25) is 5.91 Å². The minimum atomic E-state index is -3.95. The topological polar surface area (TPSA) is 88.2 Å². The van der Waals surface area contributed by atoms with Crippen molar-refractivity contribution < 1.29 is 22.7 Å².